The lowest BCUT2D eigenvalue weighted by molar-refractivity contribution is 1.46. The maximum absolute atomic E-state index is 8.95. The molecule has 0 spiro atoms. The van der Waals surface area contributed by atoms with Gasteiger partial charge in [0.1, 0.15) is 0 Å². The summed E-state index contributed by atoms with van der Waals surface area (Å²) in [4.78, 5) is 4.55. The SMILES string of the molecule is Cc1sccc1-c1c[nH]c2ccc(C#N)cc12. The van der Waals surface area contributed by atoms with Gasteiger partial charge in [0, 0.05) is 27.5 Å². The smallest absolute Gasteiger partial charge is 0.0991 e. The van der Waals surface area contributed by atoms with Crippen molar-refractivity contribution < 1.29 is 0 Å². The molecule has 0 saturated heterocycles. The normalized spacial score (nSPS) is 10.6. The van der Waals surface area contributed by atoms with E-state index in [-0.39, 0.29) is 0 Å². The van der Waals surface area contributed by atoms with Gasteiger partial charge in [-0.25, -0.2) is 0 Å². The van der Waals surface area contributed by atoms with E-state index in [1.807, 2.05) is 24.4 Å². The van der Waals surface area contributed by atoms with E-state index in [1.165, 1.54) is 16.0 Å². The lowest BCUT2D eigenvalue weighted by Crippen LogP contribution is -1.77. The summed E-state index contributed by atoms with van der Waals surface area (Å²) in [5, 5.41) is 12.2. The topological polar surface area (TPSA) is 39.6 Å². The first kappa shape index (κ1) is 10.1. The lowest BCUT2D eigenvalue weighted by atomic mass is 10.0. The number of aromatic amines is 1. The van der Waals surface area contributed by atoms with Gasteiger partial charge in [0.2, 0.25) is 0 Å². The summed E-state index contributed by atoms with van der Waals surface area (Å²) in [6.07, 6.45) is 2.01. The molecular formula is C14H10N2S. The third-order valence-corrected chi connectivity index (χ3v) is 3.81. The van der Waals surface area contributed by atoms with E-state index in [0.29, 0.717) is 5.56 Å². The van der Waals surface area contributed by atoms with Crippen LogP contribution in [0.15, 0.2) is 35.8 Å². The molecule has 0 bridgehead atoms. The molecule has 3 rings (SSSR count). The Labute approximate surface area is 103 Å². The number of aromatic nitrogens is 1. The van der Waals surface area contributed by atoms with Crippen LogP contribution in [0.25, 0.3) is 22.0 Å². The molecule has 0 fully saturated rings. The van der Waals surface area contributed by atoms with Crippen LogP contribution >= 0.6 is 11.3 Å². The van der Waals surface area contributed by atoms with Crippen molar-refractivity contribution in [3.8, 4) is 17.2 Å². The Morgan fingerprint density at radius 1 is 1.24 bits per heavy atom. The Balaban J connectivity index is 2.31. The number of hydrogen-bond donors (Lipinski definition) is 1. The van der Waals surface area contributed by atoms with Crippen LogP contribution in [0.4, 0.5) is 0 Å². The van der Waals surface area contributed by atoms with Crippen molar-refractivity contribution in [2.75, 3.05) is 0 Å². The molecule has 3 heteroatoms. The summed E-state index contributed by atoms with van der Waals surface area (Å²) in [5.41, 5.74) is 4.20. The third kappa shape index (κ3) is 1.54. The van der Waals surface area contributed by atoms with Crippen LogP contribution in [0.2, 0.25) is 0 Å². The van der Waals surface area contributed by atoms with E-state index in [1.54, 1.807) is 11.3 Å². The molecule has 0 aliphatic heterocycles. The monoisotopic (exact) mass is 238 g/mol. The van der Waals surface area contributed by atoms with E-state index in [4.69, 9.17) is 5.26 Å². The number of nitrogens with zero attached hydrogens (tertiary/aromatic N) is 1. The lowest BCUT2D eigenvalue weighted by Gasteiger charge is -1.98. The Kier molecular flexibility index (Phi) is 2.24. The largest absolute Gasteiger partial charge is 0.361 e. The summed E-state index contributed by atoms with van der Waals surface area (Å²) in [6.45, 7) is 2.12. The zero-order valence-electron chi connectivity index (χ0n) is 9.32. The van der Waals surface area contributed by atoms with Gasteiger partial charge in [0.15, 0.2) is 0 Å². The Morgan fingerprint density at radius 2 is 2.12 bits per heavy atom. The summed E-state index contributed by atoms with van der Waals surface area (Å²) >= 11 is 1.74. The highest BCUT2D eigenvalue weighted by molar-refractivity contribution is 7.10. The minimum absolute atomic E-state index is 0.700. The van der Waals surface area contributed by atoms with Crippen molar-refractivity contribution in [3.05, 3.63) is 46.3 Å². The van der Waals surface area contributed by atoms with E-state index >= 15 is 0 Å². The summed E-state index contributed by atoms with van der Waals surface area (Å²) < 4.78 is 0. The van der Waals surface area contributed by atoms with Crippen LogP contribution in [0.5, 0.6) is 0 Å². The van der Waals surface area contributed by atoms with Gasteiger partial charge < -0.3 is 4.98 Å². The predicted molar refractivity (Wildman–Crippen MR) is 71.1 cm³/mol. The second-order valence-electron chi connectivity index (χ2n) is 3.96. The molecule has 3 aromatic rings. The van der Waals surface area contributed by atoms with E-state index in [2.05, 4.69) is 29.4 Å². The molecule has 1 aromatic carbocycles. The van der Waals surface area contributed by atoms with E-state index < -0.39 is 0 Å². The van der Waals surface area contributed by atoms with Crippen molar-refractivity contribution in [3.63, 3.8) is 0 Å². The second-order valence-corrected chi connectivity index (χ2v) is 5.09. The molecule has 2 heterocycles. The zero-order valence-corrected chi connectivity index (χ0v) is 10.1. The van der Waals surface area contributed by atoms with Gasteiger partial charge in [-0.1, -0.05) is 0 Å². The van der Waals surface area contributed by atoms with Crippen molar-refractivity contribution in [1.29, 1.82) is 5.26 Å². The van der Waals surface area contributed by atoms with Gasteiger partial charge in [0.05, 0.1) is 11.6 Å². The van der Waals surface area contributed by atoms with Crippen LogP contribution in [0.3, 0.4) is 0 Å². The Hall–Kier alpha value is -2.05. The fourth-order valence-corrected chi connectivity index (χ4v) is 2.79. The number of thiophene rings is 1. The molecule has 0 aliphatic rings. The van der Waals surface area contributed by atoms with Crippen LogP contribution in [0.1, 0.15) is 10.4 Å². The minimum Gasteiger partial charge on any atom is -0.361 e. The average Bonchev–Trinajstić information content (AvgIpc) is 2.94. The second kappa shape index (κ2) is 3.76. The number of nitriles is 1. The van der Waals surface area contributed by atoms with Crippen molar-refractivity contribution in [2.24, 2.45) is 0 Å². The number of rotatable bonds is 1. The quantitative estimate of drug-likeness (QED) is 0.681. The molecule has 2 aromatic heterocycles. The van der Waals surface area contributed by atoms with E-state index in [0.717, 1.165) is 10.9 Å². The summed E-state index contributed by atoms with van der Waals surface area (Å²) in [5.74, 6) is 0. The fourth-order valence-electron chi connectivity index (χ4n) is 2.08. The highest BCUT2D eigenvalue weighted by Crippen LogP contribution is 2.33. The highest BCUT2D eigenvalue weighted by atomic mass is 32.1. The van der Waals surface area contributed by atoms with Crippen molar-refractivity contribution in [1.82, 2.24) is 4.98 Å². The number of nitrogens with one attached hydrogen (secondary N) is 1. The van der Waals surface area contributed by atoms with Gasteiger partial charge in [-0.3, -0.25) is 0 Å². The zero-order chi connectivity index (χ0) is 11.8. The Morgan fingerprint density at radius 3 is 2.82 bits per heavy atom. The molecule has 82 valence electrons. The average molecular weight is 238 g/mol. The highest BCUT2D eigenvalue weighted by Gasteiger charge is 2.09. The number of benzene rings is 1. The number of fused-ring (bicyclic) bond motifs is 1. The van der Waals surface area contributed by atoms with Gasteiger partial charge in [-0.15, -0.1) is 11.3 Å². The van der Waals surface area contributed by atoms with Crippen LogP contribution in [0, 0.1) is 18.3 Å². The summed E-state index contributed by atoms with van der Waals surface area (Å²) in [7, 11) is 0. The fraction of sp³-hybridized carbons (Fsp3) is 0.0714. The van der Waals surface area contributed by atoms with Gasteiger partial charge >= 0.3 is 0 Å². The molecule has 0 unspecified atom stereocenters. The molecule has 17 heavy (non-hydrogen) atoms. The molecule has 2 nitrogen and oxygen atoms in total. The van der Waals surface area contributed by atoms with Crippen molar-refractivity contribution in [2.45, 2.75) is 6.92 Å². The maximum Gasteiger partial charge on any atom is 0.0991 e. The number of hydrogen-bond acceptors (Lipinski definition) is 2. The molecular weight excluding hydrogens is 228 g/mol. The third-order valence-electron chi connectivity index (χ3n) is 2.96. The molecule has 1 N–H and O–H groups in total. The first-order valence-corrected chi connectivity index (χ1v) is 6.23. The van der Waals surface area contributed by atoms with E-state index in [9.17, 15) is 0 Å². The molecule has 0 saturated carbocycles. The first-order chi connectivity index (χ1) is 8.29. The first-order valence-electron chi connectivity index (χ1n) is 5.35. The Bertz CT molecular complexity index is 728. The van der Waals surface area contributed by atoms with Gasteiger partial charge in [-0.2, -0.15) is 5.26 Å². The molecule has 0 amide bonds. The van der Waals surface area contributed by atoms with Crippen molar-refractivity contribution >= 4 is 22.2 Å². The molecule has 0 aliphatic carbocycles. The standard InChI is InChI=1S/C14H10N2S/c1-9-11(4-5-17-9)13-8-16-14-3-2-10(7-15)6-12(13)14/h2-6,8,16H,1H3. The number of H-pyrrole nitrogens is 1. The number of aryl methyl sites for hydroxylation is 1. The summed E-state index contributed by atoms with van der Waals surface area (Å²) in [6, 6.07) is 10.0. The predicted octanol–water partition coefficient (Wildman–Crippen LogP) is 4.08. The maximum atomic E-state index is 8.95. The van der Waals surface area contributed by atoms with Gasteiger partial charge in [0.25, 0.3) is 0 Å². The molecule has 0 radical (unpaired) electrons. The van der Waals surface area contributed by atoms with Crippen LogP contribution < -0.4 is 0 Å². The van der Waals surface area contributed by atoms with Crippen LogP contribution in [-0.2, 0) is 0 Å². The molecule has 0 atom stereocenters. The minimum atomic E-state index is 0.700. The van der Waals surface area contributed by atoms with Gasteiger partial charge in [-0.05, 0) is 42.1 Å². The van der Waals surface area contributed by atoms with Crippen LogP contribution in [-0.4, -0.2) is 4.98 Å².